The Balaban J connectivity index is 1.91. The minimum atomic E-state index is 0.626. The molecule has 0 saturated carbocycles. The maximum atomic E-state index is 5.21. The molecule has 0 unspecified atom stereocenters. The molecule has 0 amide bonds. The van der Waals surface area contributed by atoms with Crippen molar-refractivity contribution in [2.24, 2.45) is 0 Å². The SMILES string of the molecule is CCCCO[C]1CCOO1. The van der Waals surface area contributed by atoms with Crippen molar-refractivity contribution in [1.29, 1.82) is 0 Å². The van der Waals surface area contributed by atoms with Gasteiger partial charge in [0.2, 0.25) is 0 Å². The molecule has 1 heterocycles. The third-order valence-corrected chi connectivity index (χ3v) is 1.30. The second-order valence-corrected chi connectivity index (χ2v) is 2.23. The van der Waals surface area contributed by atoms with E-state index in [1.54, 1.807) is 0 Å². The summed E-state index contributed by atoms with van der Waals surface area (Å²) < 4.78 is 5.21. The van der Waals surface area contributed by atoms with Gasteiger partial charge in [-0.3, -0.25) is 0 Å². The van der Waals surface area contributed by atoms with Crippen LogP contribution >= 0.6 is 0 Å². The van der Waals surface area contributed by atoms with Crippen molar-refractivity contribution in [2.45, 2.75) is 26.2 Å². The summed E-state index contributed by atoms with van der Waals surface area (Å²) in [5.74, 6) is 0. The summed E-state index contributed by atoms with van der Waals surface area (Å²) in [4.78, 5) is 9.32. The third-order valence-electron chi connectivity index (χ3n) is 1.30. The van der Waals surface area contributed by atoms with Crippen LogP contribution in [0.25, 0.3) is 0 Å². The molecule has 3 heteroatoms. The van der Waals surface area contributed by atoms with Gasteiger partial charge in [-0.05, 0) is 6.42 Å². The van der Waals surface area contributed by atoms with E-state index in [4.69, 9.17) is 9.62 Å². The molecular weight excluding hydrogens is 132 g/mol. The molecule has 1 radical (unpaired) electrons. The number of unbranched alkanes of at least 4 members (excludes halogenated alkanes) is 1. The zero-order valence-corrected chi connectivity index (χ0v) is 6.26. The lowest BCUT2D eigenvalue weighted by molar-refractivity contribution is -0.281. The molecule has 10 heavy (non-hydrogen) atoms. The van der Waals surface area contributed by atoms with Gasteiger partial charge < -0.3 is 4.74 Å². The maximum absolute atomic E-state index is 5.21. The van der Waals surface area contributed by atoms with Crippen LogP contribution in [-0.4, -0.2) is 13.2 Å². The number of hydrogen-bond donors (Lipinski definition) is 0. The zero-order chi connectivity index (χ0) is 7.23. The van der Waals surface area contributed by atoms with Gasteiger partial charge in [-0.2, -0.15) is 4.89 Å². The van der Waals surface area contributed by atoms with Crippen molar-refractivity contribution in [3.8, 4) is 0 Å². The Hall–Kier alpha value is -0.120. The lowest BCUT2D eigenvalue weighted by Gasteiger charge is -2.04. The van der Waals surface area contributed by atoms with E-state index >= 15 is 0 Å². The fraction of sp³-hybridized carbons (Fsp3) is 0.857. The van der Waals surface area contributed by atoms with Crippen molar-refractivity contribution < 1.29 is 14.5 Å². The van der Waals surface area contributed by atoms with Gasteiger partial charge in [0.15, 0.2) is 0 Å². The van der Waals surface area contributed by atoms with E-state index in [1.807, 2.05) is 0 Å². The highest BCUT2D eigenvalue weighted by atomic mass is 17.2. The highest BCUT2D eigenvalue weighted by Gasteiger charge is 2.19. The van der Waals surface area contributed by atoms with Gasteiger partial charge in [-0.1, -0.05) is 13.3 Å². The Morgan fingerprint density at radius 3 is 3.10 bits per heavy atom. The topological polar surface area (TPSA) is 27.7 Å². The zero-order valence-electron chi connectivity index (χ0n) is 6.26. The fourth-order valence-corrected chi connectivity index (χ4v) is 0.701. The van der Waals surface area contributed by atoms with Crippen LogP contribution in [0.2, 0.25) is 0 Å². The van der Waals surface area contributed by atoms with Crippen LogP contribution in [0.15, 0.2) is 0 Å². The summed E-state index contributed by atoms with van der Waals surface area (Å²) >= 11 is 0. The van der Waals surface area contributed by atoms with E-state index in [2.05, 4.69) is 11.8 Å². The molecule has 1 aliphatic rings. The number of ether oxygens (including phenoxy) is 1. The summed E-state index contributed by atoms with van der Waals surface area (Å²) in [7, 11) is 0. The first-order chi connectivity index (χ1) is 4.93. The van der Waals surface area contributed by atoms with Crippen LogP contribution in [0.3, 0.4) is 0 Å². The predicted octanol–water partition coefficient (Wildman–Crippen LogP) is 1.64. The van der Waals surface area contributed by atoms with Gasteiger partial charge in [0.25, 0.3) is 6.29 Å². The highest BCUT2D eigenvalue weighted by Crippen LogP contribution is 2.17. The number of rotatable bonds is 4. The molecule has 1 aliphatic heterocycles. The van der Waals surface area contributed by atoms with E-state index in [-0.39, 0.29) is 0 Å². The Morgan fingerprint density at radius 2 is 2.50 bits per heavy atom. The van der Waals surface area contributed by atoms with Crippen molar-refractivity contribution in [2.75, 3.05) is 13.2 Å². The largest absolute Gasteiger partial charge is 0.343 e. The van der Waals surface area contributed by atoms with E-state index in [0.29, 0.717) is 12.9 Å². The smallest absolute Gasteiger partial charge is 0.261 e. The highest BCUT2D eigenvalue weighted by molar-refractivity contribution is 4.65. The molecule has 0 bridgehead atoms. The average molecular weight is 145 g/mol. The van der Waals surface area contributed by atoms with Crippen LogP contribution in [0.5, 0.6) is 0 Å². The van der Waals surface area contributed by atoms with Gasteiger partial charge in [0, 0.05) is 6.42 Å². The van der Waals surface area contributed by atoms with Gasteiger partial charge in [0.05, 0.1) is 13.2 Å². The van der Waals surface area contributed by atoms with Crippen LogP contribution in [0.1, 0.15) is 26.2 Å². The molecule has 0 atom stereocenters. The van der Waals surface area contributed by atoms with E-state index in [1.165, 1.54) is 0 Å². The lowest BCUT2D eigenvalue weighted by atomic mass is 10.3. The normalized spacial score (nSPS) is 20.1. The van der Waals surface area contributed by atoms with Crippen molar-refractivity contribution in [3.05, 3.63) is 6.29 Å². The quantitative estimate of drug-likeness (QED) is 0.444. The first-order valence-electron chi connectivity index (χ1n) is 3.71. The molecule has 0 aliphatic carbocycles. The Kier molecular flexibility index (Phi) is 3.72. The van der Waals surface area contributed by atoms with Gasteiger partial charge >= 0.3 is 0 Å². The molecule has 0 aromatic heterocycles. The van der Waals surface area contributed by atoms with Crippen molar-refractivity contribution in [3.63, 3.8) is 0 Å². The molecule has 0 aromatic rings. The summed E-state index contributed by atoms with van der Waals surface area (Å²) in [6.07, 6.45) is 3.64. The monoisotopic (exact) mass is 145 g/mol. The molecule has 59 valence electrons. The van der Waals surface area contributed by atoms with Gasteiger partial charge in [-0.15, -0.1) is 0 Å². The molecule has 1 saturated heterocycles. The molecular formula is C7H13O3. The summed E-state index contributed by atoms with van der Waals surface area (Å²) in [5, 5.41) is 0. The minimum absolute atomic E-state index is 0.626. The predicted molar refractivity (Wildman–Crippen MR) is 35.8 cm³/mol. The second kappa shape index (κ2) is 4.66. The standard InChI is InChI=1S/C7H13O3/c1-2-3-5-8-7-4-6-9-10-7/h2-6H2,1H3. The maximum Gasteiger partial charge on any atom is 0.261 e. The summed E-state index contributed by atoms with van der Waals surface area (Å²) in [6.45, 7) is 3.50. The Morgan fingerprint density at radius 1 is 1.60 bits per heavy atom. The van der Waals surface area contributed by atoms with Gasteiger partial charge in [0.1, 0.15) is 0 Å². The molecule has 1 fully saturated rings. The first-order valence-corrected chi connectivity index (χ1v) is 3.71. The average Bonchev–Trinajstić information content (AvgIpc) is 2.41. The molecule has 0 spiro atoms. The third kappa shape index (κ3) is 2.64. The molecule has 0 aromatic carbocycles. The second-order valence-electron chi connectivity index (χ2n) is 2.23. The Labute approximate surface area is 61.2 Å². The summed E-state index contributed by atoms with van der Waals surface area (Å²) in [5.41, 5.74) is 0. The molecule has 1 rings (SSSR count). The Bertz CT molecular complexity index is 78.9. The molecule has 3 nitrogen and oxygen atoms in total. The van der Waals surface area contributed by atoms with Crippen LogP contribution in [0.4, 0.5) is 0 Å². The van der Waals surface area contributed by atoms with Gasteiger partial charge in [-0.25, -0.2) is 4.89 Å². The van der Waals surface area contributed by atoms with Crippen molar-refractivity contribution >= 4 is 0 Å². The van der Waals surface area contributed by atoms with E-state index in [9.17, 15) is 0 Å². The van der Waals surface area contributed by atoms with Crippen molar-refractivity contribution in [1.82, 2.24) is 0 Å². The van der Waals surface area contributed by atoms with Crippen LogP contribution in [-0.2, 0) is 14.5 Å². The minimum Gasteiger partial charge on any atom is -0.343 e. The first kappa shape index (κ1) is 7.98. The summed E-state index contributed by atoms with van der Waals surface area (Å²) in [6, 6.07) is 0. The fourth-order valence-electron chi connectivity index (χ4n) is 0.701. The van der Waals surface area contributed by atoms with E-state index < -0.39 is 0 Å². The van der Waals surface area contributed by atoms with E-state index in [0.717, 1.165) is 25.9 Å². The molecule has 0 N–H and O–H groups in total. The van der Waals surface area contributed by atoms with Crippen LogP contribution < -0.4 is 0 Å². The van der Waals surface area contributed by atoms with Crippen LogP contribution in [0, 0.1) is 6.29 Å². The number of hydrogen-bond acceptors (Lipinski definition) is 3. The lowest BCUT2D eigenvalue weighted by Crippen LogP contribution is -2.01.